The molecule has 1 N–H and O–H groups in total. The maximum absolute atomic E-state index is 14.6. The number of methoxy groups -OCH3 is 1. The van der Waals surface area contributed by atoms with Crippen molar-refractivity contribution in [1.29, 1.82) is 0 Å². The number of nitrogens with one attached hydrogen (secondary N) is 1. The van der Waals surface area contributed by atoms with Crippen molar-refractivity contribution >= 4 is 17.3 Å². The summed E-state index contributed by atoms with van der Waals surface area (Å²) in [6.45, 7) is 3.21. The van der Waals surface area contributed by atoms with E-state index in [0.717, 1.165) is 12.1 Å². The van der Waals surface area contributed by atoms with E-state index in [4.69, 9.17) is 4.74 Å². The molecule has 202 valence electrons. The molecule has 0 saturated carbocycles. The number of hydrogen-bond donors (Lipinski definition) is 1. The zero-order chi connectivity index (χ0) is 27.9. The van der Waals surface area contributed by atoms with Crippen LogP contribution in [0.5, 0.6) is 5.75 Å². The normalized spacial score (nSPS) is 14.7. The topological polar surface area (TPSA) is 54.5 Å². The number of halogens is 6. The Morgan fingerprint density at radius 2 is 1.61 bits per heavy atom. The lowest BCUT2D eigenvalue weighted by Gasteiger charge is -2.31. The number of pyridine rings is 1. The molecule has 0 bridgehead atoms. The Kier molecular flexibility index (Phi) is 7.07. The summed E-state index contributed by atoms with van der Waals surface area (Å²) in [5.41, 5.74) is -3.90. The number of ether oxygens (including phenoxy) is 1. The van der Waals surface area contributed by atoms with E-state index in [1.54, 1.807) is 12.1 Å². The van der Waals surface area contributed by atoms with E-state index in [2.05, 4.69) is 10.3 Å². The zero-order valence-corrected chi connectivity index (χ0v) is 20.8. The van der Waals surface area contributed by atoms with Crippen molar-refractivity contribution < 1.29 is 35.9 Å². The quantitative estimate of drug-likeness (QED) is 0.336. The number of alkyl halides is 6. The number of aromatic nitrogens is 1. The zero-order valence-electron chi connectivity index (χ0n) is 20.8. The maximum atomic E-state index is 14.6. The molecule has 5 nitrogen and oxygen atoms in total. The summed E-state index contributed by atoms with van der Waals surface area (Å²) in [5.74, 6) is 0.104. The van der Waals surface area contributed by atoms with Crippen molar-refractivity contribution in [2.75, 3.05) is 23.9 Å². The number of nitrogens with zero attached hydrogens (tertiary/aromatic N) is 2. The minimum absolute atomic E-state index is 0.106. The molecule has 2 aromatic carbocycles. The lowest BCUT2D eigenvalue weighted by atomic mass is 9.93. The molecule has 1 fully saturated rings. The Balaban J connectivity index is 1.93. The van der Waals surface area contributed by atoms with E-state index < -0.39 is 34.8 Å². The van der Waals surface area contributed by atoms with Crippen LogP contribution in [-0.2, 0) is 22.7 Å². The molecule has 0 radical (unpaired) electrons. The molecular formula is C27H25F6N3O2. The van der Waals surface area contributed by atoms with Gasteiger partial charge in [-0.3, -0.25) is 4.79 Å². The lowest BCUT2D eigenvalue weighted by Crippen LogP contribution is -2.32. The van der Waals surface area contributed by atoms with E-state index in [9.17, 15) is 31.1 Å². The van der Waals surface area contributed by atoms with Crippen molar-refractivity contribution in [3.63, 3.8) is 0 Å². The molecular weight excluding hydrogens is 512 g/mol. The summed E-state index contributed by atoms with van der Waals surface area (Å²) >= 11 is 0. The van der Waals surface area contributed by atoms with Crippen LogP contribution in [0.25, 0.3) is 11.1 Å². The maximum Gasteiger partial charge on any atom is 0.433 e. The van der Waals surface area contributed by atoms with Gasteiger partial charge in [-0.05, 0) is 67.8 Å². The Labute approximate surface area is 215 Å². The fraction of sp³-hybridized carbons (Fsp3) is 0.333. The van der Waals surface area contributed by atoms with Crippen molar-refractivity contribution in [3.05, 3.63) is 71.5 Å². The second-order valence-electron chi connectivity index (χ2n) is 9.45. The highest BCUT2D eigenvalue weighted by Gasteiger charge is 2.40. The monoisotopic (exact) mass is 537 g/mol. The van der Waals surface area contributed by atoms with E-state index in [0.29, 0.717) is 18.7 Å². The van der Waals surface area contributed by atoms with Crippen LogP contribution in [0.2, 0.25) is 0 Å². The van der Waals surface area contributed by atoms with Gasteiger partial charge in [-0.25, -0.2) is 4.98 Å². The minimum Gasteiger partial charge on any atom is -0.497 e. The third kappa shape index (κ3) is 5.56. The average Bonchev–Trinajstić information content (AvgIpc) is 3.28. The molecule has 2 heterocycles. The van der Waals surface area contributed by atoms with Crippen LogP contribution in [-0.4, -0.2) is 24.5 Å². The molecule has 3 aromatic rings. The van der Waals surface area contributed by atoms with Crippen molar-refractivity contribution in [3.8, 4) is 16.9 Å². The molecule has 38 heavy (non-hydrogen) atoms. The number of carbonyl (C=O) groups is 1. The first-order chi connectivity index (χ1) is 17.7. The molecule has 0 spiro atoms. The molecule has 1 aliphatic rings. The van der Waals surface area contributed by atoms with Crippen LogP contribution in [0, 0.1) is 0 Å². The van der Waals surface area contributed by atoms with Gasteiger partial charge in [0.25, 0.3) is 0 Å². The summed E-state index contributed by atoms with van der Waals surface area (Å²) < 4.78 is 89.0. The Hall–Kier alpha value is -3.76. The molecule has 1 amide bonds. The molecule has 1 aromatic heterocycles. The molecule has 0 unspecified atom stereocenters. The standard InChI is InChI=1S/C27H25F6N3O2/c1-25(2,21-9-5-10-22(34-21)26(28,29)30)35-20-15-17(36-12-6-11-23(36)37)14-19(24(20)27(31,32)33)16-7-4-8-18(13-16)38-3/h4-5,7-10,13-15,35H,6,11-12H2,1-3H3. The van der Waals surface area contributed by atoms with Gasteiger partial charge >= 0.3 is 12.4 Å². The highest BCUT2D eigenvalue weighted by molar-refractivity contribution is 5.97. The van der Waals surface area contributed by atoms with Crippen LogP contribution < -0.4 is 15.0 Å². The summed E-state index contributed by atoms with van der Waals surface area (Å²) in [5, 5.41) is 2.79. The van der Waals surface area contributed by atoms with Crippen molar-refractivity contribution in [2.45, 2.75) is 44.6 Å². The fourth-order valence-electron chi connectivity index (χ4n) is 4.47. The van der Waals surface area contributed by atoms with Gasteiger partial charge in [-0.2, -0.15) is 26.3 Å². The van der Waals surface area contributed by atoms with Gasteiger partial charge in [0.15, 0.2) is 0 Å². The molecule has 4 rings (SSSR count). The van der Waals surface area contributed by atoms with Gasteiger partial charge in [-0.15, -0.1) is 0 Å². The molecule has 0 aliphatic carbocycles. The number of anilines is 2. The van der Waals surface area contributed by atoms with Crippen LogP contribution >= 0.6 is 0 Å². The highest BCUT2D eigenvalue weighted by atomic mass is 19.4. The Morgan fingerprint density at radius 3 is 2.21 bits per heavy atom. The summed E-state index contributed by atoms with van der Waals surface area (Å²) in [7, 11) is 1.39. The number of carbonyl (C=O) groups excluding carboxylic acids is 1. The average molecular weight is 538 g/mol. The Morgan fingerprint density at radius 1 is 0.921 bits per heavy atom. The second kappa shape index (κ2) is 9.85. The summed E-state index contributed by atoms with van der Waals surface area (Å²) in [6, 6.07) is 11.9. The van der Waals surface area contributed by atoms with Gasteiger partial charge in [0.1, 0.15) is 11.4 Å². The SMILES string of the molecule is COc1cccc(-c2cc(N3CCCC3=O)cc(NC(C)(C)c3cccc(C(F)(F)F)n3)c2C(F)(F)F)c1. The third-order valence-corrected chi connectivity index (χ3v) is 6.30. The third-order valence-electron chi connectivity index (χ3n) is 6.30. The first-order valence-electron chi connectivity index (χ1n) is 11.7. The fourth-order valence-corrected chi connectivity index (χ4v) is 4.47. The first kappa shape index (κ1) is 27.3. The first-order valence-corrected chi connectivity index (χ1v) is 11.7. The second-order valence-corrected chi connectivity index (χ2v) is 9.45. The summed E-state index contributed by atoms with van der Waals surface area (Å²) in [4.78, 5) is 17.6. The smallest absolute Gasteiger partial charge is 0.433 e. The van der Waals surface area contributed by atoms with Crippen LogP contribution in [0.1, 0.15) is 43.6 Å². The van der Waals surface area contributed by atoms with Crippen LogP contribution in [0.4, 0.5) is 37.7 Å². The molecule has 11 heteroatoms. The van der Waals surface area contributed by atoms with Gasteiger partial charge in [-0.1, -0.05) is 18.2 Å². The molecule has 1 aliphatic heterocycles. The van der Waals surface area contributed by atoms with Gasteiger partial charge < -0.3 is 15.0 Å². The van der Waals surface area contributed by atoms with Crippen LogP contribution in [0.15, 0.2) is 54.6 Å². The molecule has 0 atom stereocenters. The number of amides is 1. The molecule has 1 saturated heterocycles. The van der Waals surface area contributed by atoms with E-state index in [1.807, 2.05) is 0 Å². The predicted molar refractivity (Wildman–Crippen MR) is 131 cm³/mol. The van der Waals surface area contributed by atoms with E-state index in [-0.39, 0.29) is 34.8 Å². The van der Waals surface area contributed by atoms with Crippen molar-refractivity contribution in [2.24, 2.45) is 0 Å². The minimum atomic E-state index is -4.86. The lowest BCUT2D eigenvalue weighted by molar-refractivity contribution is -0.141. The Bertz CT molecular complexity index is 1350. The van der Waals surface area contributed by atoms with Gasteiger partial charge in [0, 0.05) is 24.3 Å². The van der Waals surface area contributed by atoms with E-state index >= 15 is 0 Å². The van der Waals surface area contributed by atoms with Crippen LogP contribution in [0.3, 0.4) is 0 Å². The predicted octanol–water partition coefficient (Wildman–Crippen LogP) is 7.27. The summed E-state index contributed by atoms with van der Waals surface area (Å²) in [6.07, 6.45) is -8.76. The number of benzene rings is 2. The number of hydrogen-bond acceptors (Lipinski definition) is 4. The largest absolute Gasteiger partial charge is 0.497 e. The van der Waals surface area contributed by atoms with E-state index in [1.165, 1.54) is 56.2 Å². The van der Waals surface area contributed by atoms with Gasteiger partial charge in [0.05, 0.1) is 23.9 Å². The van der Waals surface area contributed by atoms with Crippen molar-refractivity contribution in [1.82, 2.24) is 4.98 Å². The highest BCUT2D eigenvalue weighted by Crippen LogP contribution is 2.46. The van der Waals surface area contributed by atoms with Gasteiger partial charge in [0.2, 0.25) is 5.91 Å². The number of rotatable bonds is 6.